The summed E-state index contributed by atoms with van der Waals surface area (Å²) >= 11 is 0. The van der Waals surface area contributed by atoms with E-state index in [0.29, 0.717) is 29.2 Å². The Balaban J connectivity index is 2.01. The van der Waals surface area contributed by atoms with Crippen LogP contribution in [0, 0.1) is 10.1 Å². The smallest absolute Gasteiger partial charge is 0.341 e. The van der Waals surface area contributed by atoms with Gasteiger partial charge >= 0.3 is 5.97 Å². The van der Waals surface area contributed by atoms with Crippen molar-refractivity contribution < 1.29 is 14.5 Å². The second-order valence-electron chi connectivity index (χ2n) is 6.97. The molecule has 0 fully saturated rings. The van der Waals surface area contributed by atoms with Crippen molar-refractivity contribution in [1.82, 2.24) is 4.98 Å². The summed E-state index contributed by atoms with van der Waals surface area (Å²) < 4.78 is 5.03. The highest BCUT2D eigenvalue weighted by molar-refractivity contribution is 6.02. The zero-order valence-corrected chi connectivity index (χ0v) is 16.3. The van der Waals surface area contributed by atoms with Crippen molar-refractivity contribution in [3.05, 3.63) is 69.8 Å². The van der Waals surface area contributed by atoms with Crippen LogP contribution in [-0.2, 0) is 11.3 Å². The number of fused-ring (bicyclic) bond motifs is 3. The number of carbonyl (C=O) groups excluding carboxylic acids is 1. The van der Waals surface area contributed by atoms with Crippen molar-refractivity contribution in [3.8, 4) is 11.3 Å². The molecule has 2 aromatic carbocycles. The van der Waals surface area contributed by atoms with E-state index in [4.69, 9.17) is 4.74 Å². The number of hydrogen-bond donors (Lipinski definition) is 1. The summed E-state index contributed by atoms with van der Waals surface area (Å²) in [5.74, 6) is 0.155. The molecule has 0 atom stereocenters. The molecule has 0 bridgehead atoms. The van der Waals surface area contributed by atoms with Gasteiger partial charge in [-0.25, -0.2) is 4.79 Å². The molecule has 0 spiro atoms. The van der Waals surface area contributed by atoms with E-state index < -0.39 is 10.9 Å². The first-order chi connectivity index (χ1) is 13.9. The highest BCUT2D eigenvalue weighted by Gasteiger charge is 2.33. The fourth-order valence-electron chi connectivity index (χ4n) is 3.72. The van der Waals surface area contributed by atoms with Crippen LogP contribution in [-0.4, -0.2) is 37.1 Å². The summed E-state index contributed by atoms with van der Waals surface area (Å²) in [6.45, 7) is 0.429. The van der Waals surface area contributed by atoms with Gasteiger partial charge in [0.1, 0.15) is 11.4 Å². The van der Waals surface area contributed by atoms with E-state index in [2.05, 4.69) is 4.98 Å². The van der Waals surface area contributed by atoms with Crippen LogP contribution in [0.25, 0.3) is 11.3 Å². The largest absolute Gasteiger partial charge is 0.465 e. The number of hydrogen-bond acceptors (Lipinski definition) is 6. The first kappa shape index (κ1) is 18.5. The average Bonchev–Trinajstić information content (AvgIpc) is 3.13. The molecular formula is C21H20N4O4. The Morgan fingerprint density at radius 3 is 2.55 bits per heavy atom. The minimum absolute atomic E-state index is 0.00904. The molecule has 3 aromatic rings. The first-order valence-electron chi connectivity index (χ1n) is 9.04. The molecule has 29 heavy (non-hydrogen) atoms. The molecule has 1 N–H and O–H groups in total. The van der Waals surface area contributed by atoms with Crippen molar-refractivity contribution in [1.29, 1.82) is 0 Å². The van der Waals surface area contributed by atoms with Gasteiger partial charge in [-0.3, -0.25) is 10.1 Å². The fraction of sp³-hybridized carbons (Fsp3) is 0.190. The molecule has 0 unspecified atom stereocenters. The lowest BCUT2D eigenvalue weighted by Crippen LogP contribution is -2.23. The van der Waals surface area contributed by atoms with Crippen molar-refractivity contribution >= 4 is 28.8 Å². The van der Waals surface area contributed by atoms with Gasteiger partial charge in [-0.15, -0.1) is 0 Å². The summed E-state index contributed by atoms with van der Waals surface area (Å²) in [5.41, 5.74) is 4.30. The molecule has 1 aliphatic heterocycles. The van der Waals surface area contributed by atoms with Crippen LogP contribution < -0.4 is 9.80 Å². The molecule has 8 heteroatoms. The van der Waals surface area contributed by atoms with Crippen LogP contribution in [0.4, 0.5) is 22.9 Å². The minimum Gasteiger partial charge on any atom is -0.465 e. The van der Waals surface area contributed by atoms with Crippen LogP contribution in [0.15, 0.2) is 48.5 Å². The van der Waals surface area contributed by atoms with E-state index in [1.165, 1.54) is 13.2 Å². The number of nitrogens with zero attached hydrogens (tertiary/aromatic N) is 3. The summed E-state index contributed by atoms with van der Waals surface area (Å²) in [4.78, 5) is 30.7. The second kappa shape index (κ2) is 6.97. The van der Waals surface area contributed by atoms with Gasteiger partial charge in [0.2, 0.25) is 0 Å². The second-order valence-corrected chi connectivity index (χ2v) is 6.97. The van der Waals surface area contributed by atoms with Gasteiger partial charge < -0.3 is 19.5 Å². The van der Waals surface area contributed by atoms with E-state index in [9.17, 15) is 14.9 Å². The zero-order chi connectivity index (χ0) is 20.7. The average molecular weight is 392 g/mol. The number of nitro benzene ring substituents is 1. The van der Waals surface area contributed by atoms with E-state index >= 15 is 0 Å². The lowest BCUT2D eigenvalue weighted by molar-refractivity contribution is -0.384. The Hall–Kier alpha value is -3.81. The van der Waals surface area contributed by atoms with E-state index in [1.807, 2.05) is 49.3 Å². The summed E-state index contributed by atoms with van der Waals surface area (Å²) in [7, 11) is 5.00. The zero-order valence-electron chi connectivity index (χ0n) is 16.3. The maximum atomic E-state index is 12.6. The number of carbonyl (C=O) groups is 1. The maximum absolute atomic E-state index is 12.6. The Kier molecular flexibility index (Phi) is 4.46. The van der Waals surface area contributed by atoms with Gasteiger partial charge in [0.05, 0.1) is 30.0 Å². The SMILES string of the molecule is COC(=O)c1c(N(C)C)[nH]c2c1CN(c1ccccc1)c1ccc([N+](=O)[O-])cc1-2. The van der Waals surface area contributed by atoms with Gasteiger partial charge in [-0.05, 0) is 18.2 Å². The van der Waals surface area contributed by atoms with Crippen LogP contribution in [0.3, 0.4) is 0 Å². The van der Waals surface area contributed by atoms with Gasteiger partial charge in [0.25, 0.3) is 5.69 Å². The third kappa shape index (κ3) is 2.98. The normalized spacial score (nSPS) is 12.2. The summed E-state index contributed by atoms with van der Waals surface area (Å²) in [6, 6.07) is 14.5. The number of non-ortho nitro benzene ring substituents is 1. The lowest BCUT2D eigenvalue weighted by atomic mass is 9.96. The van der Waals surface area contributed by atoms with Crippen molar-refractivity contribution in [2.75, 3.05) is 31.0 Å². The van der Waals surface area contributed by atoms with Crippen LogP contribution in [0.2, 0.25) is 0 Å². The molecule has 1 aromatic heterocycles. The Morgan fingerprint density at radius 1 is 1.21 bits per heavy atom. The summed E-state index contributed by atoms with van der Waals surface area (Å²) in [5, 5.41) is 11.4. The van der Waals surface area contributed by atoms with Crippen molar-refractivity contribution in [2.24, 2.45) is 0 Å². The quantitative estimate of drug-likeness (QED) is 0.408. The fourth-order valence-corrected chi connectivity index (χ4v) is 3.72. The van der Waals surface area contributed by atoms with E-state index in [-0.39, 0.29) is 5.69 Å². The number of esters is 1. The molecule has 4 rings (SSSR count). The molecular weight excluding hydrogens is 372 g/mol. The predicted molar refractivity (Wildman–Crippen MR) is 111 cm³/mol. The molecule has 2 heterocycles. The highest BCUT2D eigenvalue weighted by Crippen LogP contribution is 2.46. The number of H-pyrrole nitrogens is 1. The van der Waals surface area contributed by atoms with E-state index in [1.54, 1.807) is 17.0 Å². The third-order valence-corrected chi connectivity index (χ3v) is 5.06. The molecule has 8 nitrogen and oxygen atoms in total. The predicted octanol–water partition coefficient (Wildman–Crippen LogP) is 4.09. The Bertz CT molecular complexity index is 1110. The van der Waals surface area contributed by atoms with Crippen molar-refractivity contribution in [2.45, 2.75) is 6.54 Å². The number of para-hydroxylation sites is 1. The number of rotatable bonds is 4. The molecule has 0 saturated carbocycles. The number of methoxy groups -OCH3 is 1. The molecule has 0 saturated heterocycles. The van der Waals surface area contributed by atoms with Gasteiger partial charge in [-0.2, -0.15) is 0 Å². The molecule has 0 amide bonds. The summed E-state index contributed by atoms with van der Waals surface area (Å²) in [6.07, 6.45) is 0. The molecule has 148 valence electrons. The van der Waals surface area contributed by atoms with Crippen LogP contribution in [0.5, 0.6) is 0 Å². The van der Waals surface area contributed by atoms with Gasteiger partial charge in [0, 0.05) is 43.0 Å². The van der Waals surface area contributed by atoms with Crippen LogP contribution >= 0.6 is 0 Å². The first-order valence-corrected chi connectivity index (χ1v) is 9.04. The number of nitrogens with one attached hydrogen (secondary N) is 1. The van der Waals surface area contributed by atoms with Crippen molar-refractivity contribution in [3.63, 3.8) is 0 Å². The van der Waals surface area contributed by atoms with Gasteiger partial charge in [-0.1, -0.05) is 18.2 Å². The number of aromatic amines is 1. The number of benzene rings is 2. The minimum atomic E-state index is -0.451. The Labute approximate surface area is 167 Å². The van der Waals surface area contributed by atoms with Crippen LogP contribution in [0.1, 0.15) is 15.9 Å². The van der Waals surface area contributed by atoms with Gasteiger partial charge in [0.15, 0.2) is 0 Å². The lowest BCUT2D eigenvalue weighted by Gasteiger charge is -2.31. The highest BCUT2D eigenvalue weighted by atomic mass is 16.6. The molecule has 0 radical (unpaired) electrons. The number of aromatic nitrogens is 1. The number of nitro groups is 1. The molecule has 0 aliphatic carbocycles. The Morgan fingerprint density at radius 2 is 1.93 bits per heavy atom. The molecule has 1 aliphatic rings. The monoisotopic (exact) mass is 392 g/mol. The van der Waals surface area contributed by atoms with E-state index in [0.717, 1.165) is 16.9 Å². The third-order valence-electron chi connectivity index (χ3n) is 5.06. The standard InChI is InChI=1S/C21H20N4O4/c1-23(2)20-18(21(26)29-3)16-12-24(13-7-5-4-6-8-13)17-10-9-14(25(27)28)11-15(17)19(16)22-20/h4-11,22H,12H2,1-3H3. The number of ether oxygens (including phenoxy) is 1. The maximum Gasteiger partial charge on any atom is 0.341 e. The number of anilines is 3. The topological polar surface area (TPSA) is 91.7 Å².